The number of para-hydroxylation sites is 1. The normalized spacial score (nSPS) is 17.6. The van der Waals surface area contributed by atoms with Crippen molar-refractivity contribution in [2.45, 2.75) is 39.0 Å². The fourth-order valence-electron chi connectivity index (χ4n) is 3.53. The van der Waals surface area contributed by atoms with Crippen LogP contribution >= 0.6 is 23.2 Å². The molecule has 3 nitrogen and oxygen atoms in total. The van der Waals surface area contributed by atoms with Crippen LogP contribution in [0.4, 0.5) is 0 Å². The van der Waals surface area contributed by atoms with Gasteiger partial charge in [0.1, 0.15) is 12.4 Å². The average molecular weight is 393 g/mol. The molecule has 0 radical (unpaired) electrons. The number of hydrogen-bond acceptors (Lipinski definition) is 3. The summed E-state index contributed by atoms with van der Waals surface area (Å²) < 4.78 is 6.03. The predicted molar refractivity (Wildman–Crippen MR) is 109 cm³/mol. The monoisotopic (exact) mass is 392 g/mol. The van der Waals surface area contributed by atoms with E-state index in [1.54, 1.807) is 0 Å². The number of likely N-dealkylation sites (N-methyl/N-ethyl adjacent to an activating group) is 1. The minimum Gasteiger partial charge on any atom is -0.488 e. The highest BCUT2D eigenvalue weighted by atomic mass is 35.5. The molecular weight excluding hydrogens is 367 g/mol. The van der Waals surface area contributed by atoms with Crippen LogP contribution in [0.5, 0.6) is 5.75 Å². The van der Waals surface area contributed by atoms with Crippen molar-refractivity contribution in [1.82, 2.24) is 10.2 Å². The molecule has 0 aliphatic carbocycles. The van der Waals surface area contributed by atoms with Gasteiger partial charge >= 0.3 is 0 Å². The third-order valence-electron chi connectivity index (χ3n) is 5.01. The Morgan fingerprint density at radius 3 is 2.65 bits per heavy atom. The van der Waals surface area contributed by atoms with Gasteiger partial charge in [-0.05, 0) is 44.1 Å². The van der Waals surface area contributed by atoms with Gasteiger partial charge in [-0.2, -0.15) is 0 Å². The zero-order valence-corrected chi connectivity index (χ0v) is 16.7. The number of nitrogens with zero attached hydrogens (tertiary/aromatic N) is 1. The van der Waals surface area contributed by atoms with Crippen molar-refractivity contribution in [3.63, 3.8) is 0 Å². The van der Waals surface area contributed by atoms with E-state index >= 15 is 0 Å². The molecule has 0 bridgehead atoms. The van der Waals surface area contributed by atoms with Gasteiger partial charge in [0.05, 0.1) is 0 Å². The maximum absolute atomic E-state index is 6.24. The summed E-state index contributed by atoms with van der Waals surface area (Å²) in [7, 11) is 0. The first-order valence-corrected chi connectivity index (χ1v) is 10.0. The highest BCUT2D eigenvalue weighted by Gasteiger charge is 2.22. The summed E-state index contributed by atoms with van der Waals surface area (Å²) in [5, 5.41) is 4.86. The minimum absolute atomic E-state index is 0.363. The molecule has 3 rings (SSSR count). The first-order valence-electron chi connectivity index (χ1n) is 9.27. The van der Waals surface area contributed by atoms with E-state index in [4.69, 9.17) is 27.9 Å². The fourth-order valence-corrected chi connectivity index (χ4v) is 4.03. The van der Waals surface area contributed by atoms with Gasteiger partial charge in [0.25, 0.3) is 0 Å². The van der Waals surface area contributed by atoms with Crippen LogP contribution in [0.2, 0.25) is 10.0 Å². The molecule has 2 aromatic carbocycles. The zero-order valence-electron chi connectivity index (χ0n) is 15.2. The lowest BCUT2D eigenvalue weighted by Crippen LogP contribution is -2.37. The second kappa shape index (κ2) is 9.61. The van der Waals surface area contributed by atoms with E-state index in [-0.39, 0.29) is 0 Å². The second-order valence-corrected chi connectivity index (χ2v) is 7.47. The number of nitrogens with one attached hydrogen (secondary N) is 1. The summed E-state index contributed by atoms with van der Waals surface area (Å²) in [6.45, 7) is 6.76. The lowest BCUT2D eigenvalue weighted by atomic mass is 10.1. The third-order valence-corrected chi connectivity index (χ3v) is 5.72. The Morgan fingerprint density at radius 1 is 1.12 bits per heavy atom. The quantitative estimate of drug-likeness (QED) is 0.672. The second-order valence-electron chi connectivity index (χ2n) is 6.65. The highest BCUT2D eigenvalue weighted by molar-refractivity contribution is 6.35. The van der Waals surface area contributed by atoms with Crippen LogP contribution in [0.1, 0.15) is 30.9 Å². The van der Waals surface area contributed by atoms with Crippen molar-refractivity contribution >= 4 is 23.2 Å². The van der Waals surface area contributed by atoms with Gasteiger partial charge in [-0.1, -0.05) is 54.4 Å². The first-order chi connectivity index (χ1) is 12.7. The van der Waals surface area contributed by atoms with E-state index in [0.717, 1.165) is 36.5 Å². The molecule has 1 aliphatic rings. The Hall–Kier alpha value is -1.26. The van der Waals surface area contributed by atoms with Crippen molar-refractivity contribution in [1.29, 1.82) is 0 Å². The first kappa shape index (κ1) is 19.5. The lowest BCUT2D eigenvalue weighted by Gasteiger charge is -2.23. The molecule has 5 heteroatoms. The van der Waals surface area contributed by atoms with E-state index < -0.39 is 0 Å². The molecule has 1 N–H and O–H groups in total. The molecule has 0 aromatic heterocycles. The molecule has 0 spiro atoms. The van der Waals surface area contributed by atoms with E-state index in [0.29, 0.717) is 22.7 Å². The molecule has 1 heterocycles. The summed E-state index contributed by atoms with van der Waals surface area (Å²) in [4.78, 5) is 2.55. The summed E-state index contributed by atoms with van der Waals surface area (Å²) in [5.74, 6) is 0.870. The van der Waals surface area contributed by atoms with E-state index in [1.807, 2.05) is 36.4 Å². The number of likely N-dealkylation sites (tertiary alicyclic amines) is 1. The van der Waals surface area contributed by atoms with Gasteiger partial charge in [0.2, 0.25) is 0 Å². The van der Waals surface area contributed by atoms with Crippen molar-refractivity contribution in [2.75, 3.05) is 19.6 Å². The summed E-state index contributed by atoms with van der Waals surface area (Å²) in [6.07, 6.45) is 2.59. The van der Waals surface area contributed by atoms with Gasteiger partial charge in [-0.25, -0.2) is 0 Å². The molecule has 1 saturated heterocycles. The van der Waals surface area contributed by atoms with Crippen LogP contribution in [0.15, 0.2) is 42.5 Å². The molecule has 2 aromatic rings. The topological polar surface area (TPSA) is 24.5 Å². The summed E-state index contributed by atoms with van der Waals surface area (Å²) in [5.41, 5.74) is 1.97. The van der Waals surface area contributed by atoms with Crippen LogP contribution in [-0.2, 0) is 13.2 Å². The van der Waals surface area contributed by atoms with Crippen molar-refractivity contribution in [2.24, 2.45) is 0 Å². The minimum atomic E-state index is 0.363. The maximum Gasteiger partial charge on any atom is 0.124 e. The van der Waals surface area contributed by atoms with Gasteiger partial charge in [0.15, 0.2) is 0 Å². The molecule has 1 fully saturated rings. The Kier molecular flexibility index (Phi) is 7.21. The molecule has 0 saturated carbocycles. The Bertz CT molecular complexity index is 703. The number of benzene rings is 2. The lowest BCUT2D eigenvalue weighted by molar-refractivity contribution is 0.259. The molecule has 1 aliphatic heterocycles. The van der Waals surface area contributed by atoms with E-state index in [9.17, 15) is 0 Å². The van der Waals surface area contributed by atoms with Gasteiger partial charge < -0.3 is 10.1 Å². The SMILES string of the molecule is CCN1CCC[C@H]1CNCc1ccccc1OCc1c(Cl)cccc1Cl. The van der Waals surface area contributed by atoms with Gasteiger partial charge in [0, 0.05) is 40.3 Å². The number of ether oxygens (including phenoxy) is 1. The van der Waals surface area contributed by atoms with Crippen LogP contribution in [0.25, 0.3) is 0 Å². The third kappa shape index (κ3) is 4.92. The Labute approximate surface area is 166 Å². The Balaban J connectivity index is 1.58. The molecule has 140 valence electrons. The molecular formula is C21H26Cl2N2O. The van der Waals surface area contributed by atoms with E-state index in [2.05, 4.69) is 23.2 Å². The van der Waals surface area contributed by atoms with Crippen LogP contribution < -0.4 is 10.1 Å². The number of halogens is 2. The standard InChI is InChI=1S/C21H26Cl2N2O/c1-2-25-12-6-8-17(25)14-24-13-16-7-3-4-11-21(16)26-15-18-19(22)9-5-10-20(18)23/h3-5,7,9-11,17,24H,2,6,8,12-15H2,1H3/t17-/m0/s1. The predicted octanol–water partition coefficient (Wildman–Crippen LogP) is 5.15. The largest absolute Gasteiger partial charge is 0.488 e. The van der Waals surface area contributed by atoms with Gasteiger partial charge in [-0.15, -0.1) is 0 Å². The van der Waals surface area contributed by atoms with Crippen molar-refractivity contribution in [3.8, 4) is 5.75 Å². The number of hydrogen-bond donors (Lipinski definition) is 1. The van der Waals surface area contributed by atoms with Gasteiger partial charge in [-0.3, -0.25) is 4.90 Å². The zero-order chi connectivity index (χ0) is 18.4. The van der Waals surface area contributed by atoms with Crippen LogP contribution in [0.3, 0.4) is 0 Å². The molecule has 0 unspecified atom stereocenters. The highest BCUT2D eigenvalue weighted by Crippen LogP contribution is 2.27. The van der Waals surface area contributed by atoms with Crippen LogP contribution in [-0.4, -0.2) is 30.6 Å². The smallest absolute Gasteiger partial charge is 0.124 e. The fraction of sp³-hybridized carbons (Fsp3) is 0.429. The molecule has 0 amide bonds. The molecule has 1 atom stereocenters. The summed E-state index contributed by atoms with van der Waals surface area (Å²) >= 11 is 12.5. The van der Waals surface area contributed by atoms with Crippen molar-refractivity contribution < 1.29 is 4.74 Å². The maximum atomic E-state index is 6.24. The average Bonchev–Trinajstić information content (AvgIpc) is 3.10. The number of rotatable bonds is 8. The van der Waals surface area contributed by atoms with Crippen LogP contribution in [0, 0.1) is 0 Å². The summed E-state index contributed by atoms with van der Waals surface area (Å²) in [6, 6.07) is 14.3. The van der Waals surface area contributed by atoms with Crippen molar-refractivity contribution in [3.05, 3.63) is 63.6 Å². The Morgan fingerprint density at radius 2 is 1.88 bits per heavy atom. The van der Waals surface area contributed by atoms with E-state index in [1.165, 1.54) is 19.4 Å². The molecule has 26 heavy (non-hydrogen) atoms.